The Morgan fingerprint density at radius 2 is 1.00 bits per heavy atom. The van der Waals surface area contributed by atoms with Gasteiger partial charge in [-0.1, -0.05) is 63.5 Å². The van der Waals surface area contributed by atoms with E-state index in [0.29, 0.717) is 0 Å². The third-order valence-electron chi connectivity index (χ3n) is 3.15. The molecule has 0 spiro atoms. The van der Waals surface area contributed by atoms with Crippen LogP contribution >= 0.6 is 0 Å². The Balaban J connectivity index is -0.0000000764. The number of allylic oxidation sites excluding steroid dienone is 4. The van der Waals surface area contributed by atoms with E-state index in [0.717, 1.165) is 12.8 Å². The Labute approximate surface area is 222 Å². The van der Waals surface area contributed by atoms with Gasteiger partial charge in [-0.15, -0.1) is 0 Å². The summed E-state index contributed by atoms with van der Waals surface area (Å²) in [6, 6.07) is 0. The molecule has 0 atom stereocenters. The van der Waals surface area contributed by atoms with Gasteiger partial charge in [-0.25, -0.2) is 0 Å². The first-order chi connectivity index (χ1) is 9.91. The molecule has 0 nitrogen and oxygen atoms in total. The van der Waals surface area contributed by atoms with Crippen molar-refractivity contribution in [3.8, 4) is 0 Å². The topological polar surface area (TPSA) is 0 Å². The minimum absolute atomic E-state index is 0. The number of hydrogen-bond acceptors (Lipinski definition) is 0. The zero-order valence-corrected chi connectivity index (χ0v) is 23.5. The molecule has 0 heterocycles. The van der Waals surface area contributed by atoms with Crippen molar-refractivity contribution in [2.75, 3.05) is 0 Å². The monoisotopic (exact) mass is 540 g/mol. The van der Waals surface area contributed by atoms with Gasteiger partial charge in [0.1, 0.15) is 0 Å². The van der Waals surface area contributed by atoms with Crippen molar-refractivity contribution < 1.29 is 98.1 Å². The molecule has 0 amide bonds. The molecule has 0 bridgehead atoms. The summed E-state index contributed by atoms with van der Waals surface area (Å²) in [6.07, 6.45) is 23.6. The van der Waals surface area contributed by atoms with Crippen molar-refractivity contribution in [3.63, 3.8) is 0 Å². The molecule has 1 aliphatic rings. The molecular formula is C20H33Y3-3. The molecule has 1 rings (SSSR count). The summed E-state index contributed by atoms with van der Waals surface area (Å²) in [6.45, 7) is 17.4. The molecule has 0 aliphatic heterocycles. The van der Waals surface area contributed by atoms with Gasteiger partial charge in [-0.2, -0.15) is 0 Å². The van der Waals surface area contributed by atoms with Gasteiger partial charge in [-0.05, 0) is 25.7 Å². The van der Waals surface area contributed by atoms with E-state index < -0.39 is 0 Å². The van der Waals surface area contributed by atoms with Gasteiger partial charge in [-0.3, -0.25) is 18.7 Å². The number of hydrogen-bond donors (Lipinski definition) is 0. The van der Waals surface area contributed by atoms with Crippen LogP contribution in [-0.4, -0.2) is 0 Å². The predicted molar refractivity (Wildman–Crippen MR) is 92.2 cm³/mol. The number of unbranched alkanes of at least 4 members (excludes halogenated alkanes) is 5. The van der Waals surface area contributed by atoms with E-state index in [1.807, 2.05) is 0 Å². The van der Waals surface area contributed by atoms with Gasteiger partial charge >= 0.3 is 0 Å². The summed E-state index contributed by atoms with van der Waals surface area (Å²) >= 11 is 0. The first-order valence-corrected chi connectivity index (χ1v) is 8.04. The molecule has 0 aromatic heterocycles. The summed E-state index contributed by atoms with van der Waals surface area (Å²) in [5, 5.41) is 0. The molecule has 0 aromatic rings. The van der Waals surface area contributed by atoms with Crippen LogP contribution in [0.5, 0.6) is 0 Å². The van der Waals surface area contributed by atoms with Gasteiger partial charge in [0.15, 0.2) is 0 Å². The van der Waals surface area contributed by atoms with E-state index >= 15 is 0 Å². The fraction of sp³-hybridized carbons (Fsp3) is 0.600. The molecule has 1 aliphatic carbocycles. The van der Waals surface area contributed by atoms with Gasteiger partial charge in [0.25, 0.3) is 0 Å². The third-order valence-corrected chi connectivity index (χ3v) is 3.15. The van der Waals surface area contributed by atoms with Crippen LogP contribution in [0.1, 0.15) is 77.0 Å². The van der Waals surface area contributed by atoms with Crippen LogP contribution in [0, 0.1) is 19.7 Å². The molecule has 0 aromatic carbocycles. The van der Waals surface area contributed by atoms with Crippen LogP contribution in [0.2, 0.25) is 0 Å². The average molecular weight is 540 g/mol. The van der Waals surface area contributed by atoms with Crippen molar-refractivity contribution >= 4 is 0 Å². The van der Waals surface area contributed by atoms with Gasteiger partial charge < -0.3 is 19.7 Å². The molecule has 3 heteroatoms. The largest absolute Gasteiger partial charge is 0.521 e. The Bertz CT molecular complexity index is 203. The molecular weight excluding hydrogens is 507 g/mol. The third kappa shape index (κ3) is 40.4. The molecule has 3 radical (unpaired) electrons. The zero-order valence-electron chi connectivity index (χ0n) is 15.0. The van der Waals surface area contributed by atoms with E-state index in [1.165, 1.54) is 64.2 Å². The smallest absolute Gasteiger partial charge is 0 e. The van der Waals surface area contributed by atoms with Crippen LogP contribution in [0.15, 0.2) is 30.9 Å². The minimum Gasteiger partial charge on any atom is -0.521 e. The summed E-state index contributed by atoms with van der Waals surface area (Å²) in [5.74, 6) is 0. The number of rotatable bonds is 7. The average Bonchev–Trinajstić information content (AvgIpc) is 2.45. The maximum Gasteiger partial charge on any atom is 0 e. The molecule has 0 fully saturated rings. The van der Waals surface area contributed by atoms with Crippen LogP contribution in [0.4, 0.5) is 0 Å². The molecule has 0 saturated heterocycles. The van der Waals surface area contributed by atoms with Gasteiger partial charge in [0.05, 0.1) is 0 Å². The Morgan fingerprint density at radius 3 is 1.30 bits per heavy atom. The maximum atomic E-state index is 5.22. The van der Waals surface area contributed by atoms with Crippen molar-refractivity contribution in [2.45, 2.75) is 77.0 Å². The van der Waals surface area contributed by atoms with Crippen LogP contribution in [0.3, 0.4) is 0 Å². The Morgan fingerprint density at radius 1 is 0.652 bits per heavy atom. The summed E-state index contributed by atoms with van der Waals surface area (Å²) in [4.78, 5) is 0. The minimum atomic E-state index is 0. The van der Waals surface area contributed by atoms with Crippen molar-refractivity contribution in [1.29, 1.82) is 0 Å². The first kappa shape index (κ1) is 36.2. The summed E-state index contributed by atoms with van der Waals surface area (Å²) < 4.78 is 0. The normalized spacial score (nSPS) is 11.8. The van der Waals surface area contributed by atoms with E-state index in [2.05, 4.69) is 25.3 Å². The molecule has 0 unspecified atom stereocenters. The van der Waals surface area contributed by atoms with E-state index in [4.69, 9.17) is 13.2 Å². The quantitative estimate of drug-likeness (QED) is 0.189. The fourth-order valence-electron chi connectivity index (χ4n) is 1.99. The standard InChI is InChI=1S/C10H16.C8H14.C2H3.3Y/c1-3-5-7-9-10-8-6-4-2;1-2-4-6-8-7-5-3-1;1-2;;;/h1-4H,5-10H2;1-2H,3-8H2;1H,2H2;;;/q-2;;-1;;;. The second-order valence-corrected chi connectivity index (χ2v) is 4.93. The first-order valence-electron chi connectivity index (χ1n) is 8.04. The SMILES string of the molecule is C1=CCCCCCC1.[CH-]=C.[CH-]=CCCCCCCC=[CH-].[Y].[Y].[Y]. The summed E-state index contributed by atoms with van der Waals surface area (Å²) in [5.41, 5.74) is 0. The van der Waals surface area contributed by atoms with E-state index in [1.54, 1.807) is 12.2 Å². The Kier molecular flexibility index (Phi) is 62.0. The van der Waals surface area contributed by atoms with Crippen molar-refractivity contribution in [1.82, 2.24) is 0 Å². The molecule has 23 heavy (non-hydrogen) atoms. The zero-order chi connectivity index (χ0) is 15.3. The Hall–Kier alpha value is 2.27. The maximum absolute atomic E-state index is 5.22. The fourth-order valence-corrected chi connectivity index (χ4v) is 1.99. The second kappa shape index (κ2) is 39.4. The molecule has 125 valence electrons. The van der Waals surface area contributed by atoms with Crippen molar-refractivity contribution in [2.24, 2.45) is 0 Å². The summed E-state index contributed by atoms with van der Waals surface area (Å²) in [7, 11) is 0. The van der Waals surface area contributed by atoms with Crippen LogP contribution in [0.25, 0.3) is 0 Å². The molecule has 0 N–H and O–H groups in total. The van der Waals surface area contributed by atoms with E-state index in [-0.39, 0.29) is 98.1 Å². The predicted octanol–water partition coefficient (Wildman–Crippen LogP) is 6.80. The van der Waals surface area contributed by atoms with Crippen LogP contribution < -0.4 is 0 Å². The van der Waals surface area contributed by atoms with Gasteiger partial charge in [0, 0.05) is 98.1 Å². The molecule has 0 saturated carbocycles. The van der Waals surface area contributed by atoms with E-state index in [9.17, 15) is 0 Å². The van der Waals surface area contributed by atoms with Crippen LogP contribution in [-0.2, 0) is 98.1 Å². The second-order valence-electron chi connectivity index (χ2n) is 4.93. The van der Waals surface area contributed by atoms with Crippen molar-refractivity contribution in [3.05, 3.63) is 50.6 Å². The van der Waals surface area contributed by atoms with Gasteiger partial charge in [0.2, 0.25) is 0 Å².